The minimum atomic E-state index is -0.215. The summed E-state index contributed by atoms with van der Waals surface area (Å²) in [7, 11) is 0. The molecule has 0 radical (unpaired) electrons. The van der Waals surface area contributed by atoms with Gasteiger partial charge in [0.05, 0.1) is 18.8 Å². The van der Waals surface area contributed by atoms with Crippen LogP contribution >= 0.6 is 0 Å². The first kappa shape index (κ1) is 12.9. The van der Waals surface area contributed by atoms with Gasteiger partial charge in [-0.1, -0.05) is 0 Å². The Morgan fingerprint density at radius 3 is 3.05 bits per heavy atom. The first-order valence-corrected chi connectivity index (χ1v) is 7.10. The third kappa shape index (κ3) is 2.35. The van der Waals surface area contributed by atoms with Gasteiger partial charge in [0.25, 0.3) is 0 Å². The molecule has 3 atom stereocenters. The summed E-state index contributed by atoms with van der Waals surface area (Å²) in [4.78, 5) is 2.37. The summed E-state index contributed by atoms with van der Waals surface area (Å²) in [6, 6.07) is 5.24. The number of benzene rings is 1. The van der Waals surface area contributed by atoms with Gasteiger partial charge in [-0.25, -0.2) is 4.39 Å². The molecule has 0 amide bonds. The molecule has 4 heteroatoms. The van der Waals surface area contributed by atoms with Crippen molar-refractivity contribution in [2.24, 2.45) is 5.73 Å². The first-order valence-electron chi connectivity index (χ1n) is 7.10. The monoisotopic (exact) mass is 264 g/mol. The van der Waals surface area contributed by atoms with Gasteiger partial charge in [-0.15, -0.1) is 0 Å². The van der Waals surface area contributed by atoms with E-state index in [1.807, 2.05) is 13.0 Å². The molecular formula is C15H21FN2O. The number of rotatable bonds is 2. The van der Waals surface area contributed by atoms with E-state index in [1.165, 1.54) is 12.5 Å². The number of fused-ring (bicyclic) bond motifs is 1. The van der Waals surface area contributed by atoms with E-state index < -0.39 is 0 Å². The van der Waals surface area contributed by atoms with Crippen LogP contribution in [0.2, 0.25) is 0 Å². The second-order valence-corrected chi connectivity index (χ2v) is 5.59. The Balaban J connectivity index is 1.96. The molecule has 1 heterocycles. The minimum Gasteiger partial charge on any atom is -0.374 e. The summed E-state index contributed by atoms with van der Waals surface area (Å²) in [5.74, 6) is -0.215. The van der Waals surface area contributed by atoms with Gasteiger partial charge < -0.3 is 15.4 Å². The van der Waals surface area contributed by atoms with Crippen LogP contribution in [0.5, 0.6) is 0 Å². The predicted molar refractivity (Wildman–Crippen MR) is 73.7 cm³/mol. The third-order valence-electron chi connectivity index (χ3n) is 4.27. The van der Waals surface area contributed by atoms with Crippen molar-refractivity contribution in [2.75, 3.05) is 18.1 Å². The highest BCUT2D eigenvalue weighted by Gasteiger charge is 2.37. The third-order valence-corrected chi connectivity index (χ3v) is 4.27. The Labute approximate surface area is 113 Å². The van der Waals surface area contributed by atoms with Gasteiger partial charge in [0.1, 0.15) is 5.82 Å². The van der Waals surface area contributed by atoms with Crippen molar-refractivity contribution in [3.05, 3.63) is 29.6 Å². The van der Waals surface area contributed by atoms with Crippen LogP contribution in [0.15, 0.2) is 18.2 Å². The number of anilines is 1. The van der Waals surface area contributed by atoms with Crippen LogP contribution in [0, 0.1) is 5.82 Å². The SMILES string of the molecule is CC(N)c1cc(F)ccc1N1CCOC2CCCC21. The number of nitrogens with zero attached hydrogens (tertiary/aromatic N) is 1. The molecule has 1 aliphatic heterocycles. The molecule has 104 valence electrons. The fraction of sp³-hybridized carbons (Fsp3) is 0.600. The number of hydrogen-bond acceptors (Lipinski definition) is 3. The molecule has 2 N–H and O–H groups in total. The van der Waals surface area contributed by atoms with E-state index >= 15 is 0 Å². The molecule has 1 aromatic carbocycles. The largest absolute Gasteiger partial charge is 0.374 e. The summed E-state index contributed by atoms with van der Waals surface area (Å²) in [5.41, 5.74) is 7.98. The van der Waals surface area contributed by atoms with Gasteiger partial charge in [0.15, 0.2) is 0 Å². The first-order chi connectivity index (χ1) is 9.16. The highest BCUT2D eigenvalue weighted by Crippen LogP contribution is 2.36. The number of nitrogens with two attached hydrogens (primary N) is 1. The van der Waals surface area contributed by atoms with E-state index in [4.69, 9.17) is 10.5 Å². The minimum absolute atomic E-state index is 0.159. The van der Waals surface area contributed by atoms with Crippen molar-refractivity contribution >= 4 is 5.69 Å². The lowest BCUT2D eigenvalue weighted by atomic mass is 10.0. The molecule has 1 aromatic rings. The van der Waals surface area contributed by atoms with E-state index in [9.17, 15) is 4.39 Å². The van der Waals surface area contributed by atoms with Crippen LogP contribution in [0.3, 0.4) is 0 Å². The van der Waals surface area contributed by atoms with Gasteiger partial charge in [-0.3, -0.25) is 0 Å². The Morgan fingerprint density at radius 2 is 2.26 bits per heavy atom. The summed E-state index contributed by atoms with van der Waals surface area (Å²) in [5, 5.41) is 0. The molecule has 0 bridgehead atoms. The number of ether oxygens (including phenoxy) is 1. The zero-order valence-corrected chi connectivity index (χ0v) is 11.3. The van der Waals surface area contributed by atoms with Gasteiger partial charge in [-0.05, 0) is 49.9 Å². The number of morpholine rings is 1. The maximum atomic E-state index is 13.4. The van der Waals surface area contributed by atoms with Crippen molar-refractivity contribution in [3.63, 3.8) is 0 Å². The molecule has 3 unspecified atom stereocenters. The Bertz CT molecular complexity index is 463. The maximum Gasteiger partial charge on any atom is 0.123 e. The Kier molecular flexibility index (Phi) is 3.46. The van der Waals surface area contributed by atoms with Crippen molar-refractivity contribution in [1.29, 1.82) is 0 Å². The summed E-state index contributed by atoms with van der Waals surface area (Å²) >= 11 is 0. The van der Waals surface area contributed by atoms with Crippen LogP contribution in [0.1, 0.15) is 37.8 Å². The molecule has 19 heavy (non-hydrogen) atoms. The van der Waals surface area contributed by atoms with E-state index in [0.717, 1.165) is 37.2 Å². The molecule has 1 aliphatic carbocycles. The van der Waals surface area contributed by atoms with Crippen molar-refractivity contribution in [1.82, 2.24) is 0 Å². The van der Waals surface area contributed by atoms with E-state index in [0.29, 0.717) is 12.1 Å². The molecule has 2 aliphatic rings. The van der Waals surface area contributed by atoms with Gasteiger partial charge in [0.2, 0.25) is 0 Å². The predicted octanol–water partition coefficient (Wildman–Crippen LogP) is 2.60. The average molecular weight is 264 g/mol. The number of hydrogen-bond donors (Lipinski definition) is 1. The normalized spacial score (nSPS) is 28.3. The topological polar surface area (TPSA) is 38.5 Å². The van der Waals surface area contributed by atoms with Crippen molar-refractivity contribution in [2.45, 2.75) is 44.4 Å². The fourth-order valence-corrected chi connectivity index (χ4v) is 3.38. The van der Waals surface area contributed by atoms with Gasteiger partial charge in [-0.2, -0.15) is 0 Å². The van der Waals surface area contributed by atoms with Crippen LogP contribution in [0.4, 0.5) is 10.1 Å². The standard InChI is InChI=1S/C15H21FN2O/c1-10(17)12-9-11(16)5-6-13(12)18-7-8-19-15-4-2-3-14(15)18/h5-6,9-10,14-15H,2-4,7-8,17H2,1H3. The lowest BCUT2D eigenvalue weighted by Crippen LogP contribution is -2.49. The molecule has 0 spiro atoms. The number of halogens is 1. The van der Waals surface area contributed by atoms with E-state index in [2.05, 4.69) is 4.90 Å². The highest BCUT2D eigenvalue weighted by molar-refractivity contribution is 5.56. The Hall–Kier alpha value is -1.13. The van der Waals surface area contributed by atoms with Crippen LogP contribution < -0.4 is 10.6 Å². The van der Waals surface area contributed by atoms with Crippen LogP contribution in [-0.4, -0.2) is 25.3 Å². The van der Waals surface area contributed by atoms with Gasteiger partial charge >= 0.3 is 0 Å². The average Bonchev–Trinajstić information content (AvgIpc) is 2.86. The molecular weight excluding hydrogens is 243 g/mol. The fourth-order valence-electron chi connectivity index (χ4n) is 3.38. The zero-order valence-electron chi connectivity index (χ0n) is 11.3. The summed E-state index contributed by atoms with van der Waals surface area (Å²) < 4.78 is 19.3. The molecule has 3 rings (SSSR count). The highest BCUT2D eigenvalue weighted by atomic mass is 19.1. The van der Waals surface area contributed by atoms with E-state index in [-0.39, 0.29) is 11.9 Å². The molecule has 3 nitrogen and oxygen atoms in total. The summed E-state index contributed by atoms with van der Waals surface area (Å²) in [6.45, 7) is 3.52. The van der Waals surface area contributed by atoms with Crippen molar-refractivity contribution in [3.8, 4) is 0 Å². The lowest BCUT2D eigenvalue weighted by molar-refractivity contribution is 0.0255. The molecule has 0 aromatic heterocycles. The second kappa shape index (κ2) is 5.10. The van der Waals surface area contributed by atoms with Crippen LogP contribution in [-0.2, 0) is 4.74 Å². The van der Waals surface area contributed by atoms with E-state index in [1.54, 1.807) is 6.07 Å². The molecule has 1 saturated heterocycles. The molecule has 2 fully saturated rings. The zero-order chi connectivity index (χ0) is 13.4. The Morgan fingerprint density at radius 1 is 1.42 bits per heavy atom. The van der Waals surface area contributed by atoms with Gasteiger partial charge in [0, 0.05) is 18.3 Å². The lowest BCUT2D eigenvalue weighted by Gasteiger charge is -2.40. The van der Waals surface area contributed by atoms with Crippen LogP contribution in [0.25, 0.3) is 0 Å². The molecule has 1 saturated carbocycles. The quantitative estimate of drug-likeness (QED) is 0.892. The smallest absolute Gasteiger partial charge is 0.123 e. The maximum absolute atomic E-state index is 13.4. The summed E-state index contributed by atoms with van der Waals surface area (Å²) in [6.07, 6.45) is 3.83. The second-order valence-electron chi connectivity index (χ2n) is 5.59. The van der Waals surface area contributed by atoms with Crippen molar-refractivity contribution < 1.29 is 9.13 Å².